The summed E-state index contributed by atoms with van der Waals surface area (Å²) < 4.78 is 26.3. The summed E-state index contributed by atoms with van der Waals surface area (Å²) in [5.74, 6) is 1.52. The molecule has 0 unspecified atom stereocenters. The van der Waals surface area contributed by atoms with Crippen LogP contribution in [0.3, 0.4) is 0 Å². The maximum Gasteiger partial charge on any atom is 0.163 e. The fourth-order valence-electron chi connectivity index (χ4n) is 3.13. The molecule has 0 saturated carbocycles. The fraction of sp³-hybridized carbons (Fsp3) is 0.300. The molecule has 2 aromatic carbocycles. The van der Waals surface area contributed by atoms with Gasteiger partial charge in [0.05, 0.1) is 11.2 Å². The van der Waals surface area contributed by atoms with Gasteiger partial charge in [0.1, 0.15) is 30.7 Å². The number of benzene rings is 2. The SMILES string of the molecule is Cc1cccc(Nc2ncnc3cc4c(cc23)O[C@H](CN(C)C)CO4)c1F. The van der Waals surface area contributed by atoms with Crippen molar-refractivity contribution in [2.75, 3.05) is 32.6 Å². The summed E-state index contributed by atoms with van der Waals surface area (Å²) in [7, 11) is 3.98. The summed E-state index contributed by atoms with van der Waals surface area (Å²) in [4.78, 5) is 10.7. The first-order chi connectivity index (χ1) is 13.0. The van der Waals surface area contributed by atoms with Crippen molar-refractivity contribution in [3.8, 4) is 11.5 Å². The number of hydrogen-bond acceptors (Lipinski definition) is 6. The van der Waals surface area contributed by atoms with Crippen molar-refractivity contribution >= 4 is 22.4 Å². The molecule has 0 fully saturated rings. The predicted molar refractivity (Wildman–Crippen MR) is 102 cm³/mol. The van der Waals surface area contributed by atoms with E-state index < -0.39 is 0 Å². The molecule has 0 saturated heterocycles. The van der Waals surface area contributed by atoms with E-state index in [1.807, 2.05) is 26.2 Å². The average molecular weight is 368 g/mol. The first-order valence-corrected chi connectivity index (χ1v) is 8.76. The van der Waals surface area contributed by atoms with E-state index in [1.54, 1.807) is 25.1 Å². The minimum absolute atomic E-state index is 0.0554. The van der Waals surface area contributed by atoms with E-state index in [0.29, 0.717) is 40.7 Å². The van der Waals surface area contributed by atoms with Crippen molar-refractivity contribution in [3.05, 3.63) is 48.0 Å². The summed E-state index contributed by atoms with van der Waals surface area (Å²) in [6, 6.07) is 8.89. The molecular weight excluding hydrogens is 347 g/mol. The summed E-state index contributed by atoms with van der Waals surface area (Å²) >= 11 is 0. The van der Waals surface area contributed by atoms with Gasteiger partial charge in [0.2, 0.25) is 0 Å². The van der Waals surface area contributed by atoms with Gasteiger partial charge in [0.25, 0.3) is 0 Å². The van der Waals surface area contributed by atoms with Crippen LogP contribution in [0.5, 0.6) is 11.5 Å². The smallest absolute Gasteiger partial charge is 0.163 e. The largest absolute Gasteiger partial charge is 0.486 e. The van der Waals surface area contributed by atoms with Gasteiger partial charge in [-0.25, -0.2) is 14.4 Å². The Hall–Kier alpha value is -2.93. The van der Waals surface area contributed by atoms with Crippen LogP contribution >= 0.6 is 0 Å². The van der Waals surface area contributed by atoms with Crippen molar-refractivity contribution in [2.45, 2.75) is 13.0 Å². The highest BCUT2D eigenvalue weighted by atomic mass is 19.1. The van der Waals surface area contributed by atoms with Crippen LogP contribution in [-0.2, 0) is 0 Å². The number of rotatable bonds is 4. The first kappa shape index (κ1) is 17.5. The topological polar surface area (TPSA) is 59.5 Å². The highest BCUT2D eigenvalue weighted by Gasteiger charge is 2.23. The van der Waals surface area contributed by atoms with Crippen molar-refractivity contribution in [2.24, 2.45) is 0 Å². The summed E-state index contributed by atoms with van der Waals surface area (Å²) in [5.41, 5.74) is 1.64. The molecule has 0 aliphatic carbocycles. The van der Waals surface area contributed by atoms with Crippen LogP contribution in [0.1, 0.15) is 5.56 Å². The van der Waals surface area contributed by atoms with Gasteiger partial charge in [0.15, 0.2) is 11.5 Å². The molecule has 140 valence electrons. The third-order valence-corrected chi connectivity index (χ3v) is 4.43. The van der Waals surface area contributed by atoms with E-state index in [9.17, 15) is 4.39 Å². The van der Waals surface area contributed by atoms with Crippen LogP contribution in [0.15, 0.2) is 36.7 Å². The normalized spacial score (nSPS) is 16.0. The van der Waals surface area contributed by atoms with Gasteiger partial charge in [-0.05, 0) is 38.7 Å². The minimum Gasteiger partial charge on any atom is -0.486 e. The van der Waals surface area contributed by atoms with Crippen LogP contribution in [0.2, 0.25) is 0 Å². The second-order valence-corrected chi connectivity index (χ2v) is 6.91. The number of nitrogens with one attached hydrogen (secondary N) is 1. The number of anilines is 2. The second-order valence-electron chi connectivity index (χ2n) is 6.91. The van der Waals surface area contributed by atoms with Gasteiger partial charge in [-0.15, -0.1) is 0 Å². The summed E-state index contributed by atoms with van der Waals surface area (Å²) in [5, 5.41) is 3.82. The predicted octanol–water partition coefficient (Wildman–Crippen LogP) is 3.52. The molecular formula is C20H21FN4O2. The van der Waals surface area contributed by atoms with E-state index in [-0.39, 0.29) is 11.9 Å². The molecule has 0 bridgehead atoms. The van der Waals surface area contributed by atoms with Gasteiger partial charge in [0, 0.05) is 18.0 Å². The number of hydrogen-bond donors (Lipinski definition) is 1. The lowest BCUT2D eigenvalue weighted by Gasteiger charge is -2.28. The van der Waals surface area contributed by atoms with E-state index in [1.165, 1.54) is 6.33 Å². The van der Waals surface area contributed by atoms with Crippen molar-refractivity contribution in [3.63, 3.8) is 0 Å². The molecule has 1 aliphatic rings. The van der Waals surface area contributed by atoms with Gasteiger partial charge >= 0.3 is 0 Å². The molecule has 1 atom stereocenters. The zero-order valence-corrected chi connectivity index (χ0v) is 15.5. The molecule has 1 aromatic heterocycles. The third-order valence-electron chi connectivity index (χ3n) is 4.43. The molecule has 27 heavy (non-hydrogen) atoms. The number of likely N-dealkylation sites (N-methyl/N-ethyl adjacent to an activating group) is 1. The van der Waals surface area contributed by atoms with Crippen LogP contribution in [0.25, 0.3) is 10.9 Å². The Labute approximate surface area is 156 Å². The van der Waals surface area contributed by atoms with Gasteiger partial charge in [-0.3, -0.25) is 0 Å². The Kier molecular flexibility index (Phi) is 4.53. The lowest BCUT2D eigenvalue weighted by atomic mass is 10.1. The summed E-state index contributed by atoms with van der Waals surface area (Å²) in [6.45, 7) is 2.97. The monoisotopic (exact) mass is 368 g/mol. The molecule has 6 nitrogen and oxygen atoms in total. The van der Waals surface area contributed by atoms with Crippen LogP contribution < -0.4 is 14.8 Å². The zero-order valence-electron chi connectivity index (χ0n) is 15.5. The minimum atomic E-state index is -0.298. The second kappa shape index (κ2) is 7.00. The third kappa shape index (κ3) is 3.50. The Balaban J connectivity index is 1.71. The molecule has 7 heteroatoms. The molecule has 0 spiro atoms. The average Bonchev–Trinajstić information content (AvgIpc) is 2.64. The molecule has 2 heterocycles. The molecule has 0 amide bonds. The maximum absolute atomic E-state index is 14.4. The van der Waals surface area contributed by atoms with Crippen molar-refractivity contribution in [1.82, 2.24) is 14.9 Å². The van der Waals surface area contributed by atoms with E-state index >= 15 is 0 Å². The van der Waals surface area contributed by atoms with Crippen molar-refractivity contribution in [1.29, 1.82) is 0 Å². The van der Waals surface area contributed by atoms with Gasteiger partial charge in [-0.1, -0.05) is 12.1 Å². The van der Waals surface area contributed by atoms with E-state index in [2.05, 4.69) is 20.2 Å². The number of aromatic nitrogens is 2. The molecule has 0 radical (unpaired) electrons. The number of aryl methyl sites for hydroxylation is 1. The van der Waals surface area contributed by atoms with Crippen LogP contribution in [-0.4, -0.2) is 48.2 Å². The fourth-order valence-corrected chi connectivity index (χ4v) is 3.13. The highest BCUT2D eigenvalue weighted by molar-refractivity contribution is 5.93. The Bertz CT molecular complexity index is 993. The number of ether oxygens (including phenoxy) is 2. The van der Waals surface area contributed by atoms with E-state index in [0.717, 1.165) is 11.9 Å². The first-order valence-electron chi connectivity index (χ1n) is 8.76. The number of fused-ring (bicyclic) bond motifs is 2. The van der Waals surface area contributed by atoms with Crippen LogP contribution in [0, 0.1) is 12.7 Å². The molecule has 1 aliphatic heterocycles. The lowest BCUT2D eigenvalue weighted by Crippen LogP contribution is -2.37. The quantitative estimate of drug-likeness (QED) is 0.760. The molecule has 3 aromatic rings. The van der Waals surface area contributed by atoms with Gasteiger partial charge in [-0.2, -0.15) is 0 Å². The number of halogens is 1. The highest BCUT2D eigenvalue weighted by Crippen LogP contribution is 2.37. The standard InChI is InChI=1S/C20H21FN4O2/c1-12-5-4-6-15(19(12)21)24-20-14-7-18-17(8-16(14)22-11-23-20)26-10-13(27-18)9-25(2)3/h4-8,11,13H,9-10H2,1-3H3,(H,22,23,24)/t13-/m1/s1. The van der Waals surface area contributed by atoms with Crippen LogP contribution in [0.4, 0.5) is 15.9 Å². The summed E-state index contributed by atoms with van der Waals surface area (Å²) in [6.07, 6.45) is 1.39. The Morgan fingerprint density at radius 3 is 2.89 bits per heavy atom. The van der Waals surface area contributed by atoms with Gasteiger partial charge < -0.3 is 19.7 Å². The molecule has 1 N–H and O–H groups in total. The Morgan fingerprint density at radius 1 is 1.22 bits per heavy atom. The zero-order chi connectivity index (χ0) is 19.0. The van der Waals surface area contributed by atoms with Crippen molar-refractivity contribution < 1.29 is 13.9 Å². The Morgan fingerprint density at radius 2 is 2.07 bits per heavy atom. The lowest BCUT2D eigenvalue weighted by molar-refractivity contribution is 0.0713. The van der Waals surface area contributed by atoms with E-state index in [4.69, 9.17) is 9.47 Å². The number of nitrogens with zero attached hydrogens (tertiary/aromatic N) is 3. The molecule has 4 rings (SSSR count). The maximum atomic E-state index is 14.4.